The van der Waals surface area contributed by atoms with Gasteiger partial charge in [0.1, 0.15) is 0 Å². The Morgan fingerprint density at radius 2 is 2.04 bits per heavy atom. The average Bonchev–Trinajstić information content (AvgIpc) is 3.41. The van der Waals surface area contributed by atoms with Crippen LogP contribution in [-0.4, -0.2) is 51.4 Å². The van der Waals surface area contributed by atoms with Gasteiger partial charge in [-0.3, -0.25) is 9.59 Å². The van der Waals surface area contributed by atoms with Crippen LogP contribution in [0.4, 0.5) is 0 Å². The Bertz CT molecular complexity index is 800. The first-order valence-electron chi connectivity index (χ1n) is 9.04. The molecule has 7 heteroatoms. The molecule has 0 N–H and O–H groups in total. The number of carbonyl (C=O) groups excluding carboxylic acids is 2. The number of likely N-dealkylation sites (tertiary alicyclic amines) is 1. The van der Waals surface area contributed by atoms with E-state index in [1.165, 1.54) is 0 Å². The van der Waals surface area contributed by atoms with Crippen molar-refractivity contribution in [3.63, 3.8) is 0 Å². The topological polar surface area (TPSA) is 79.5 Å². The summed E-state index contributed by atoms with van der Waals surface area (Å²) < 4.78 is 5.30. The summed E-state index contributed by atoms with van der Waals surface area (Å²) >= 11 is 0. The Balaban J connectivity index is 1.38. The largest absolute Gasteiger partial charge is 0.339 e. The maximum Gasteiger partial charge on any atom is 0.257 e. The van der Waals surface area contributed by atoms with E-state index in [4.69, 9.17) is 4.52 Å². The second-order valence-electron chi connectivity index (χ2n) is 7.09. The van der Waals surface area contributed by atoms with Crippen LogP contribution in [0.5, 0.6) is 0 Å². The van der Waals surface area contributed by atoms with Gasteiger partial charge in [0.05, 0.1) is 12.5 Å². The van der Waals surface area contributed by atoms with Crippen molar-refractivity contribution in [3.05, 3.63) is 36.2 Å². The molecule has 0 radical (unpaired) electrons. The highest BCUT2D eigenvalue weighted by Crippen LogP contribution is 2.32. The van der Waals surface area contributed by atoms with Crippen molar-refractivity contribution < 1.29 is 14.1 Å². The molecule has 1 aromatic carbocycles. The number of carbonyl (C=O) groups is 2. The summed E-state index contributed by atoms with van der Waals surface area (Å²) in [7, 11) is 1.75. The molecule has 1 aromatic heterocycles. The first-order chi connectivity index (χ1) is 12.6. The Labute approximate surface area is 152 Å². The number of aromatic nitrogens is 2. The highest BCUT2D eigenvalue weighted by molar-refractivity contribution is 5.84. The summed E-state index contributed by atoms with van der Waals surface area (Å²) in [5.74, 6) is 1.01. The number of amides is 2. The quantitative estimate of drug-likeness (QED) is 0.821. The maximum atomic E-state index is 12.8. The zero-order valence-electron chi connectivity index (χ0n) is 14.8. The summed E-state index contributed by atoms with van der Waals surface area (Å²) in [6.45, 7) is 0.831. The Morgan fingerprint density at radius 3 is 2.77 bits per heavy atom. The van der Waals surface area contributed by atoms with Crippen LogP contribution in [0, 0.1) is 5.92 Å². The van der Waals surface area contributed by atoms with Crippen LogP contribution in [0.25, 0.3) is 11.5 Å². The smallest absolute Gasteiger partial charge is 0.257 e. The van der Waals surface area contributed by atoms with E-state index >= 15 is 0 Å². The zero-order chi connectivity index (χ0) is 18.1. The summed E-state index contributed by atoms with van der Waals surface area (Å²) in [6, 6.07) is 9.90. The number of hydrogen-bond acceptors (Lipinski definition) is 5. The van der Waals surface area contributed by atoms with E-state index in [-0.39, 0.29) is 17.7 Å². The Morgan fingerprint density at radius 1 is 1.27 bits per heavy atom. The summed E-state index contributed by atoms with van der Waals surface area (Å²) in [4.78, 5) is 32.7. The van der Waals surface area contributed by atoms with Crippen LogP contribution in [0.1, 0.15) is 31.5 Å². The third-order valence-corrected chi connectivity index (χ3v) is 5.02. The van der Waals surface area contributed by atoms with Crippen LogP contribution < -0.4 is 0 Å². The predicted molar refractivity (Wildman–Crippen MR) is 93.7 cm³/mol. The van der Waals surface area contributed by atoms with Crippen molar-refractivity contribution >= 4 is 11.8 Å². The number of benzene rings is 1. The molecule has 7 nitrogen and oxygen atoms in total. The lowest BCUT2D eigenvalue weighted by Crippen LogP contribution is -2.46. The number of nitrogens with zero attached hydrogens (tertiary/aromatic N) is 4. The number of rotatable bonds is 5. The highest BCUT2D eigenvalue weighted by atomic mass is 16.5. The normalized spacial score (nSPS) is 20.3. The summed E-state index contributed by atoms with van der Waals surface area (Å²) in [5, 5.41) is 3.98. The maximum absolute atomic E-state index is 12.8. The van der Waals surface area contributed by atoms with Gasteiger partial charge in [0.25, 0.3) is 5.89 Å². The fraction of sp³-hybridized carbons (Fsp3) is 0.474. The van der Waals surface area contributed by atoms with Gasteiger partial charge in [-0.15, -0.1) is 0 Å². The van der Waals surface area contributed by atoms with E-state index in [1.807, 2.05) is 35.2 Å². The first-order valence-corrected chi connectivity index (χ1v) is 9.04. The molecule has 2 aliphatic rings. The molecule has 1 atom stereocenters. The minimum Gasteiger partial charge on any atom is -0.339 e. The lowest BCUT2D eigenvalue weighted by molar-refractivity contribution is -0.143. The number of hydrogen-bond donors (Lipinski definition) is 0. The van der Waals surface area contributed by atoms with Gasteiger partial charge in [0.2, 0.25) is 11.8 Å². The van der Waals surface area contributed by atoms with E-state index in [2.05, 4.69) is 10.1 Å². The summed E-state index contributed by atoms with van der Waals surface area (Å²) in [5.41, 5.74) is 0.853. The van der Waals surface area contributed by atoms with Gasteiger partial charge in [-0.1, -0.05) is 23.4 Å². The molecule has 136 valence electrons. The molecule has 1 saturated heterocycles. The van der Waals surface area contributed by atoms with Gasteiger partial charge >= 0.3 is 0 Å². The third-order valence-electron chi connectivity index (χ3n) is 5.02. The Hall–Kier alpha value is -2.70. The molecule has 0 bridgehead atoms. The molecular formula is C19H22N4O3. The van der Waals surface area contributed by atoms with Gasteiger partial charge in [-0.25, -0.2) is 0 Å². The summed E-state index contributed by atoms with van der Waals surface area (Å²) in [6.07, 6.45) is 3.20. The fourth-order valence-electron chi connectivity index (χ4n) is 3.43. The lowest BCUT2D eigenvalue weighted by atomic mass is 9.96. The average molecular weight is 354 g/mol. The van der Waals surface area contributed by atoms with Crippen molar-refractivity contribution in [2.75, 3.05) is 13.6 Å². The van der Waals surface area contributed by atoms with E-state index in [1.54, 1.807) is 11.9 Å². The SMILES string of the molecule is CN(Cc1noc(-c2ccccc2)n1)C(=O)[C@H]1CCC(=O)N(C2CC2)C1. The molecule has 4 rings (SSSR count). The monoisotopic (exact) mass is 354 g/mol. The van der Waals surface area contributed by atoms with E-state index in [0.717, 1.165) is 18.4 Å². The number of piperidine rings is 1. The molecule has 0 spiro atoms. The molecule has 2 amide bonds. The van der Waals surface area contributed by atoms with Crippen molar-refractivity contribution in [2.24, 2.45) is 5.92 Å². The Kier molecular flexibility index (Phi) is 4.44. The fourth-order valence-corrected chi connectivity index (χ4v) is 3.43. The molecule has 2 fully saturated rings. The van der Waals surface area contributed by atoms with Gasteiger partial charge in [-0.2, -0.15) is 4.98 Å². The van der Waals surface area contributed by atoms with Crippen molar-refractivity contribution in [1.82, 2.24) is 19.9 Å². The molecule has 26 heavy (non-hydrogen) atoms. The first kappa shape index (κ1) is 16.8. The molecule has 0 unspecified atom stereocenters. The van der Waals surface area contributed by atoms with Crippen LogP contribution >= 0.6 is 0 Å². The second kappa shape index (κ2) is 6.90. The van der Waals surface area contributed by atoms with Crippen LogP contribution in [0.3, 0.4) is 0 Å². The van der Waals surface area contributed by atoms with Gasteiger partial charge in [0, 0.05) is 31.6 Å². The standard InChI is InChI=1S/C19H22N4O3/c1-22(12-16-20-18(26-21-16)13-5-3-2-4-6-13)19(25)14-7-10-17(24)23(11-14)15-8-9-15/h2-6,14-15H,7-12H2,1H3/t14-/m0/s1. The second-order valence-corrected chi connectivity index (χ2v) is 7.09. The van der Waals surface area contributed by atoms with Crippen molar-refractivity contribution in [3.8, 4) is 11.5 Å². The highest BCUT2D eigenvalue weighted by Gasteiger charge is 2.39. The molecule has 1 aliphatic heterocycles. The van der Waals surface area contributed by atoms with Gasteiger partial charge < -0.3 is 14.3 Å². The van der Waals surface area contributed by atoms with E-state index in [0.29, 0.717) is 43.7 Å². The van der Waals surface area contributed by atoms with Crippen LogP contribution in [-0.2, 0) is 16.1 Å². The lowest BCUT2D eigenvalue weighted by Gasteiger charge is -2.33. The van der Waals surface area contributed by atoms with Gasteiger partial charge in [0.15, 0.2) is 5.82 Å². The zero-order valence-corrected chi connectivity index (χ0v) is 14.8. The molecule has 2 aromatic rings. The molecule has 2 heterocycles. The molecular weight excluding hydrogens is 332 g/mol. The predicted octanol–water partition coefficient (Wildman–Crippen LogP) is 2.10. The minimum atomic E-state index is -0.140. The minimum absolute atomic E-state index is 0.0363. The molecule has 1 saturated carbocycles. The van der Waals surface area contributed by atoms with Gasteiger partial charge in [-0.05, 0) is 31.4 Å². The van der Waals surface area contributed by atoms with E-state index in [9.17, 15) is 9.59 Å². The van der Waals surface area contributed by atoms with Crippen LogP contribution in [0.15, 0.2) is 34.9 Å². The van der Waals surface area contributed by atoms with Crippen molar-refractivity contribution in [2.45, 2.75) is 38.3 Å². The third kappa shape index (κ3) is 3.47. The van der Waals surface area contributed by atoms with Crippen molar-refractivity contribution in [1.29, 1.82) is 0 Å². The molecule has 1 aliphatic carbocycles. The van der Waals surface area contributed by atoms with E-state index < -0.39 is 0 Å². The van der Waals surface area contributed by atoms with Crippen LogP contribution in [0.2, 0.25) is 0 Å².